The number of hydrogen-bond donors (Lipinski definition) is 2. The Morgan fingerprint density at radius 3 is 2.45 bits per heavy atom. The van der Waals surface area contributed by atoms with Gasteiger partial charge in [0.1, 0.15) is 5.75 Å². The number of nitrogens with one attached hydrogen (secondary N) is 2. The summed E-state index contributed by atoms with van der Waals surface area (Å²) in [7, 11) is 0. The lowest BCUT2D eigenvalue weighted by Crippen LogP contribution is -2.17. The number of aromatic nitrogens is 2. The van der Waals surface area contributed by atoms with Crippen LogP contribution in [0, 0.1) is 6.92 Å². The topological polar surface area (TPSA) is 67.0 Å². The van der Waals surface area contributed by atoms with E-state index in [1.165, 1.54) is 18.3 Å². The number of anilines is 1. The van der Waals surface area contributed by atoms with Crippen LogP contribution in [0.25, 0.3) is 0 Å². The third-order valence-electron chi connectivity index (χ3n) is 2.42. The van der Waals surface area contributed by atoms with Crippen molar-refractivity contribution in [3.05, 3.63) is 41.7 Å². The first-order valence-corrected chi connectivity index (χ1v) is 5.53. The molecule has 1 aromatic carbocycles. The van der Waals surface area contributed by atoms with E-state index in [-0.39, 0.29) is 5.75 Å². The fraction of sp³-hybridized carbons (Fsp3) is 0.167. The molecule has 0 fully saturated rings. The van der Waals surface area contributed by atoms with Gasteiger partial charge in [0.05, 0.1) is 11.3 Å². The van der Waals surface area contributed by atoms with E-state index in [2.05, 4.69) is 20.3 Å². The zero-order valence-corrected chi connectivity index (χ0v) is 10.3. The summed E-state index contributed by atoms with van der Waals surface area (Å²) < 4.78 is 39.7. The Bertz CT molecular complexity index is 605. The Hall–Kier alpha value is -2.51. The van der Waals surface area contributed by atoms with E-state index in [9.17, 15) is 18.0 Å². The van der Waals surface area contributed by atoms with Crippen LogP contribution in [0.1, 0.15) is 16.1 Å². The number of ether oxygens (including phenoxy) is 1. The van der Waals surface area contributed by atoms with Gasteiger partial charge in [-0.3, -0.25) is 9.89 Å². The van der Waals surface area contributed by atoms with Gasteiger partial charge < -0.3 is 10.1 Å². The summed E-state index contributed by atoms with van der Waals surface area (Å²) in [6, 6.07) is 4.86. The molecule has 0 aliphatic rings. The lowest BCUT2D eigenvalue weighted by molar-refractivity contribution is -0.274. The maximum absolute atomic E-state index is 12.0. The van der Waals surface area contributed by atoms with Crippen LogP contribution in [0.15, 0.2) is 30.5 Å². The smallest absolute Gasteiger partial charge is 0.406 e. The molecule has 0 radical (unpaired) electrons. The van der Waals surface area contributed by atoms with Crippen LogP contribution in [0.4, 0.5) is 18.9 Å². The number of aromatic amines is 1. The first-order chi connectivity index (χ1) is 9.35. The fourth-order valence-electron chi connectivity index (χ4n) is 1.53. The van der Waals surface area contributed by atoms with Crippen LogP contribution in [0.2, 0.25) is 0 Å². The Balaban J connectivity index is 2.04. The van der Waals surface area contributed by atoms with Gasteiger partial charge in [0.25, 0.3) is 5.91 Å². The summed E-state index contributed by atoms with van der Waals surface area (Å²) in [6.45, 7) is 1.66. The lowest BCUT2D eigenvalue weighted by Gasteiger charge is -2.09. The molecule has 1 heterocycles. The minimum atomic E-state index is -4.74. The Kier molecular flexibility index (Phi) is 3.64. The highest BCUT2D eigenvalue weighted by Crippen LogP contribution is 2.24. The molecule has 2 N–H and O–H groups in total. The first-order valence-electron chi connectivity index (χ1n) is 5.53. The van der Waals surface area contributed by atoms with Gasteiger partial charge in [0, 0.05) is 11.9 Å². The summed E-state index contributed by atoms with van der Waals surface area (Å²) in [5, 5.41) is 8.89. The van der Waals surface area contributed by atoms with Crippen LogP contribution in [0.3, 0.4) is 0 Å². The predicted octanol–water partition coefficient (Wildman–Crippen LogP) is 2.87. The maximum Gasteiger partial charge on any atom is 0.573 e. The summed E-state index contributed by atoms with van der Waals surface area (Å²) in [6.07, 6.45) is -3.30. The van der Waals surface area contributed by atoms with Crippen LogP contribution < -0.4 is 10.1 Å². The van der Waals surface area contributed by atoms with Gasteiger partial charge in [-0.1, -0.05) is 0 Å². The van der Waals surface area contributed by atoms with E-state index >= 15 is 0 Å². The lowest BCUT2D eigenvalue weighted by atomic mass is 10.2. The van der Waals surface area contributed by atoms with Crippen LogP contribution in [-0.2, 0) is 0 Å². The number of hydrogen-bond acceptors (Lipinski definition) is 3. The summed E-state index contributed by atoms with van der Waals surface area (Å²) in [5.41, 5.74) is 1.24. The van der Waals surface area contributed by atoms with E-state index in [1.807, 2.05) is 0 Å². The second kappa shape index (κ2) is 5.24. The number of benzene rings is 1. The molecule has 0 saturated carbocycles. The van der Waals surface area contributed by atoms with Crippen LogP contribution in [-0.4, -0.2) is 22.5 Å². The summed E-state index contributed by atoms with van der Waals surface area (Å²) in [4.78, 5) is 11.8. The molecular weight excluding hydrogens is 275 g/mol. The van der Waals surface area contributed by atoms with Gasteiger partial charge in [-0.05, 0) is 31.2 Å². The minimum absolute atomic E-state index is 0.352. The molecular formula is C12H10F3N3O2. The third kappa shape index (κ3) is 3.50. The molecule has 1 aromatic heterocycles. The normalized spacial score (nSPS) is 11.2. The van der Waals surface area contributed by atoms with Crippen molar-refractivity contribution >= 4 is 11.6 Å². The minimum Gasteiger partial charge on any atom is -0.406 e. The predicted molar refractivity (Wildman–Crippen MR) is 64.4 cm³/mol. The van der Waals surface area contributed by atoms with E-state index < -0.39 is 12.3 Å². The molecule has 8 heteroatoms. The summed E-state index contributed by atoms with van der Waals surface area (Å²) in [5.74, 6) is -0.754. The number of nitrogens with zero attached hydrogens (tertiary/aromatic N) is 1. The molecule has 0 spiro atoms. The summed E-state index contributed by atoms with van der Waals surface area (Å²) >= 11 is 0. The molecule has 2 rings (SSSR count). The number of H-pyrrole nitrogens is 1. The first kappa shape index (κ1) is 13.9. The number of aryl methyl sites for hydroxylation is 1. The van der Waals surface area contributed by atoms with E-state index in [0.717, 1.165) is 12.1 Å². The van der Waals surface area contributed by atoms with Gasteiger partial charge in [-0.2, -0.15) is 5.10 Å². The van der Waals surface area contributed by atoms with Gasteiger partial charge in [-0.15, -0.1) is 13.2 Å². The van der Waals surface area contributed by atoms with Gasteiger partial charge in [-0.25, -0.2) is 0 Å². The van der Waals surface area contributed by atoms with E-state index in [0.29, 0.717) is 16.9 Å². The molecule has 2 aromatic rings. The number of alkyl halides is 3. The fourth-order valence-corrected chi connectivity index (χ4v) is 1.53. The van der Waals surface area contributed by atoms with Crippen molar-refractivity contribution in [1.29, 1.82) is 0 Å². The highest BCUT2D eigenvalue weighted by Gasteiger charge is 2.30. The molecule has 106 valence electrons. The Morgan fingerprint density at radius 2 is 1.95 bits per heavy atom. The van der Waals surface area contributed by atoms with Crippen molar-refractivity contribution < 1.29 is 22.7 Å². The second-order valence-electron chi connectivity index (χ2n) is 3.91. The zero-order chi connectivity index (χ0) is 14.8. The van der Waals surface area contributed by atoms with Crippen molar-refractivity contribution in [2.45, 2.75) is 13.3 Å². The average Bonchev–Trinajstić information content (AvgIpc) is 2.76. The Labute approximate surface area is 111 Å². The standard InChI is InChI=1S/C12H10F3N3O2/c1-7-10(6-16-18-7)11(19)17-8-2-4-9(5-3-8)20-12(13,14)15/h2-6H,1H3,(H,16,18)(H,17,19). The van der Waals surface area contributed by atoms with Crippen molar-refractivity contribution in [3.8, 4) is 5.75 Å². The number of carbonyl (C=O) groups is 1. The number of rotatable bonds is 3. The van der Waals surface area contributed by atoms with Crippen molar-refractivity contribution in [3.63, 3.8) is 0 Å². The average molecular weight is 285 g/mol. The molecule has 0 aliphatic carbocycles. The van der Waals surface area contributed by atoms with E-state index in [1.54, 1.807) is 6.92 Å². The van der Waals surface area contributed by atoms with Crippen LogP contribution >= 0.6 is 0 Å². The molecule has 0 unspecified atom stereocenters. The number of carbonyl (C=O) groups excluding carboxylic acids is 1. The molecule has 1 amide bonds. The monoisotopic (exact) mass is 285 g/mol. The second-order valence-corrected chi connectivity index (χ2v) is 3.91. The maximum atomic E-state index is 12.0. The quantitative estimate of drug-likeness (QED) is 0.911. The van der Waals surface area contributed by atoms with Gasteiger partial charge in [0.15, 0.2) is 0 Å². The van der Waals surface area contributed by atoms with Gasteiger partial charge in [0.2, 0.25) is 0 Å². The largest absolute Gasteiger partial charge is 0.573 e. The highest BCUT2D eigenvalue weighted by atomic mass is 19.4. The van der Waals surface area contributed by atoms with E-state index in [4.69, 9.17) is 0 Å². The number of amides is 1. The molecule has 0 atom stereocenters. The molecule has 5 nitrogen and oxygen atoms in total. The Morgan fingerprint density at radius 1 is 1.30 bits per heavy atom. The van der Waals surface area contributed by atoms with Crippen molar-refractivity contribution in [1.82, 2.24) is 10.2 Å². The highest BCUT2D eigenvalue weighted by molar-refractivity contribution is 6.04. The SMILES string of the molecule is Cc1n[nH]cc1C(=O)Nc1ccc(OC(F)(F)F)cc1. The molecule has 20 heavy (non-hydrogen) atoms. The van der Waals surface area contributed by atoms with Crippen molar-refractivity contribution in [2.75, 3.05) is 5.32 Å². The van der Waals surface area contributed by atoms with Crippen LogP contribution in [0.5, 0.6) is 5.75 Å². The molecule has 0 bridgehead atoms. The molecule has 0 aliphatic heterocycles. The number of halogens is 3. The zero-order valence-electron chi connectivity index (χ0n) is 10.3. The van der Waals surface area contributed by atoms with Gasteiger partial charge >= 0.3 is 6.36 Å². The van der Waals surface area contributed by atoms with Crippen molar-refractivity contribution in [2.24, 2.45) is 0 Å². The third-order valence-corrected chi connectivity index (χ3v) is 2.42. The molecule has 0 saturated heterocycles.